The number of pyridine rings is 1. The summed E-state index contributed by atoms with van der Waals surface area (Å²) in [6, 6.07) is 13.0. The van der Waals surface area contributed by atoms with Gasteiger partial charge in [0.05, 0.1) is 25.4 Å². The number of para-hydroxylation sites is 1. The van der Waals surface area contributed by atoms with E-state index in [1.54, 1.807) is 38.5 Å². The zero-order valence-electron chi connectivity index (χ0n) is 18.7. The first-order chi connectivity index (χ1) is 16.1. The van der Waals surface area contributed by atoms with Crippen molar-refractivity contribution in [2.24, 2.45) is 0 Å². The number of ether oxygens (including phenoxy) is 3. The van der Waals surface area contributed by atoms with Crippen molar-refractivity contribution in [3.8, 4) is 11.5 Å². The minimum Gasteiger partial charge on any atom is -0.493 e. The lowest BCUT2D eigenvalue weighted by Crippen LogP contribution is -2.22. The lowest BCUT2D eigenvalue weighted by atomic mass is 9.92. The fourth-order valence-corrected chi connectivity index (χ4v) is 4.00. The summed E-state index contributed by atoms with van der Waals surface area (Å²) in [5, 5.41) is 3.85. The maximum absolute atomic E-state index is 12.6. The van der Waals surface area contributed by atoms with Crippen molar-refractivity contribution < 1.29 is 23.8 Å². The summed E-state index contributed by atoms with van der Waals surface area (Å²) in [4.78, 5) is 29.5. The molecule has 3 aromatic rings. The van der Waals surface area contributed by atoms with Crippen molar-refractivity contribution >= 4 is 34.5 Å². The summed E-state index contributed by atoms with van der Waals surface area (Å²) < 4.78 is 15.6. The molecule has 0 saturated carbocycles. The van der Waals surface area contributed by atoms with Crippen molar-refractivity contribution in [3.63, 3.8) is 0 Å². The summed E-state index contributed by atoms with van der Waals surface area (Å²) >= 11 is 0. The zero-order chi connectivity index (χ0) is 23.2. The molecular weight excluding hydrogens is 420 g/mol. The van der Waals surface area contributed by atoms with E-state index in [0.717, 1.165) is 59.1 Å². The first-order valence-corrected chi connectivity index (χ1v) is 10.9. The number of benzene rings is 2. The van der Waals surface area contributed by atoms with Crippen LogP contribution < -0.4 is 14.8 Å². The molecule has 0 spiro atoms. The fourth-order valence-electron chi connectivity index (χ4n) is 4.00. The molecule has 2 aromatic carbocycles. The third kappa shape index (κ3) is 5.14. The Hall–Kier alpha value is -3.87. The lowest BCUT2D eigenvalue weighted by molar-refractivity contribution is -0.142. The third-order valence-corrected chi connectivity index (χ3v) is 5.60. The normalized spacial score (nSPS) is 12.9. The molecule has 7 heteroatoms. The first-order valence-electron chi connectivity index (χ1n) is 10.9. The van der Waals surface area contributed by atoms with Crippen LogP contribution in [0.2, 0.25) is 0 Å². The van der Waals surface area contributed by atoms with Gasteiger partial charge in [0.15, 0.2) is 18.1 Å². The van der Waals surface area contributed by atoms with Gasteiger partial charge in [0.2, 0.25) is 0 Å². The van der Waals surface area contributed by atoms with Crippen molar-refractivity contribution in [2.75, 3.05) is 26.1 Å². The van der Waals surface area contributed by atoms with Gasteiger partial charge in [-0.05, 0) is 61.1 Å². The topological polar surface area (TPSA) is 86.8 Å². The summed E-state index contributed by atoms with van der Waals surface area (Å²) in [6.07, 6.45) is 6.80. The van der Waals surface area contributed by atoms with Crippen molar-refractivity contribution in [1.29, 1.82) is 0 Å². The standard InChI is InChI=1S/C26H26N2O5/c1-31-22-13-11-17(15-23(22)32-2)12-14-25(30)33-16-24(29)28-26-18-7-3-5-9-20(18)27-21-10-6-4-8-19(21)26/h3,5,7,9,11-15H,4,6,8,10,16H2,1-2H3,(H,27,28,29)/b14-12+. The predicted octanol–water partition coefficient (Wildman–Crippen LogP) is 4.33. The number of aromatic nitrogens is 1. The third-order valence-electron chi connectivity index (χ3n) is 5.60. The highest BCUT2D eigenvalue weighted by Gasteiger charge is 2.19. The highest BCUT2D eigenvalue weighted by atomic mass is 16.5. The molecule has 1 N–H and O–H groups in total. The number of hydrogen-bond donors (Lipinski definition) is 1. The van der Waals surface area contributed by atoms with Gasteiger partial charge in [0.1, 0.15) is 0 Å². The van der Waals surface area contributed by atoms with Crippen LogP contribution in [-0.4, -0.2) is 37.7 Å². The van der Waals surface area contributed by atoms with Crippen LogP contribution in [0, 0.1) is 0 Å². The average Bonchev–Trinajstić information content (AvgIpc) is 2.85. The quantitative estimate of drug-likeness (QED) is 0.430. The Labute approximate surface area is 192 Å². The molecular formula is C26H26N2O5. The molecule has 0 bridgehead atoms. The van der Waals surface area contributed by atoms with Crippen LogP contribution in [0.5, 0.6) is 11.5 Å². The van der Waals surface area contributed by atoms with Gasteiger partial charge in [0.25, 0.3) is 5.91 Å². The second-order valence-corrected chi connectivity index (χ2v) is 7.74. The van der Waals surface area contributed by atoms with Crippen LogP contribution in [0.3, 0.4) is 0 Å². The molecule has 1 aliphatic carbocycles. The van der Waals surface area contributed by atoms with Gasteiger partial charge in [-0.1, -0.05) is 24.3 Å². The highest BCUT2D eigenvalue weighted by molar-refractivity contribution is 6.03. The van der Waals surface area contributed by atoms with E-state index in [1.165, 1.54) is 6.08 Å². The number of fused-ring (bicyclic) bond motifs is 2. The monoisotopic (exact) mass is 446 g/mol. The van der Waals surface area contributed by atoms with E-state index in [9.17, 15) is 9.59 Å². The Morgan fingerprint density at radius 2 is 1.82 bits per heavy atom. The zero-order valence-corrected chi connectivity index (χ0v) is 18.7. The molecule has 0 atom stereocenters. The van der Waals surface area contributed by atoms with Crippen LogP contribution in [0.25, 0.3) is 17.0 Å². The number of nitrogens with zero attached hydrogens (tertiary/aromatic N) is 1. The average molecular weight is 447 g/mol. The molecule has 1 aromatic heterocycles. The molecule has 1 heterocycles. The van der Waals surface area contributed by atoms with E-state index in [2.05, 4.69) is 5.32 Å². The van der Waals surface area contributed by atoms with Gasteiger partial charge in [-0.3, -0.25) is 9.78 Å². The number of nitrogens with one attached hydrogen (secondary N) is 1. The van der Waals surface area contributed by atoms with Gasteiger partial charge in [0, 0.05) is 17.2 Å². The van der Waals surface area contributed by atoms with Crippen molar-refractivity contribution in [3.05, 3.63) is 65.4 Å². The number of carbonyl (C=O) groups is 2. The predicted molar refractivity (Wildman–Crippen MR) is 127 cm³/mol. The molecule has 0 saturated heterocycles. The largest absolute Gasteiger partial charge is 0.493 e. The van der Waals surface area contributed by atoms with Crippen molar-refractivity contribution in [1.82, 2.24) is 4.98 Å². The number of rotatable bonds is 7. The molecule has 0 radical (unpaired) electrons. The number of anilines is 1. The van der Waals surface area contributed by atoms with Crippen LogP contribution in [0.4, 0.5) is 5.69 Å². The number of hydrogen-bond acceptors (Lipinski definition) is 6. The lowest BCUT2D eigenvalue weighted by Gasteiger charge is -2.21. The highest BCUT2D eigenvalue weighted by Crippen LogP contribution is 2.33. The molecule has 1 amide bonds. The molecule has 170 valence electrons. The molecule has 33 heavy (non-hydrogen) atoms. The maximum Gasteiger partial charge on any atom is 0.331 e. The molecule has 0 fully saturated rings. The summed E-state index contributed by atoms with van der Waals surface area (Å²) in [5.74, 6) is 0.161. The Bertz CT molecular complexity index is 1220. The van der Waals surface area contributed by atoms with Gasteiger partial charge in [-0.2, -0.15) is 0 Å². The first kappa shape index (κ1) is 22.3. The summed E-state index contributed by atoms with van der Waals surface area (Å²) in [5.41, 5.74) is 4.47. The maximum atomic E-state index is 12.6. The SMILES string of the molecule is COc1ccc(/C=C/C(=O)OCC(=O)Nc2c3c(nc4ccccc24)CCCC3)cc1OC. The van der Waals surface area contributed by atoms with E-state index < -0.39 is 5.97 Å². The number of carbonyl (C=O) groups excluding carboxylic acids is 2. The Morgan fingerprint density at radius 1 is 1.03 bits per heavy atom. The number of amides is 1. The van der Waals surface area contributed by atoms with Gasteiger partial charge < -0.3 is 19.5 Å². The molecule has 4 rings (SSSR count). The van der Waals surface area contributed by atoms with E-state index in [-0.39, 0.29) is 12.5 Å². The van der Waals surface area contributed by atoms with E-state index in [4.69, 9.17) is 19.2 Å². The number of methoxy groups -OCH3 is 2. The van der Waals surface area contributed by atoms with Crippen LogP contribution >= 0.6 is 0 Å². The molecule has 1 aliphatic rings. The Balaban J connectivity index is 1.41. The van der Waals surface area contributed by atoms with Gasteiger partial charge >= 0.3 is 5.97 Å². The summed E-state index contributed by atoms with van der Waals surface area (Å²) in [7, 11) is 3.10. The smallest absolute Gasteiger partial charge is 0.331 e. The second kappa shape index (κ2) is 10.2. The number of aryl methyl sites for hydroxylation is 1. The Morgan fingerprint density at radius 3 is 2.64 bits per heavy atom. The van der Waals surface area contributed by atoms with Crippen molar-refractivity contribution in [2.45, 2.75) is 25.7 Å². The van der Waals surface area contributed by atoms with E-state index >= 15 is 0 Å². The molecule has 0 aliphatic heterocycles. The van der Waals surface area contributed by atoms with E-state index in [0.29, 0.717) is 11.5 Å². The summed E-state index contributed by atoms with van der Waals surface area (Å²) in [6.45, 7) is -0.374. The minimum atomic E-state index is -0.610. The van der Waals surface area contributed by atoms with Crippen LogP contribution in [-0.2, 0) is 27.2 Å². The van der Waals surface area contributed by atoms with E-state index in [1.807, 2.05) is 24.3 Å². The second-order valence-electron chi connectivity index (χ2n) is 7.74. The van der Waals surface area contributed by atoms with Crippen LogP contribution in [0.15, 0.2) is 48.5 Å². The minimum absolute atomic E-state index is 0.374. The number of esters is 1. The Kier molecular flexibility index (Phi) is 6.88. The van der Waals surface area contributed by atoms with Gasteiger partial charge in [-0.15, -0.1) is 0 Å². The van der Waals surface area contributed by atoms with Gasteiger partial charge in [-0.25, -0.2) is 4.79 Å². The fraction of sp³-hybridized carbons (Fsp3) is 0.269. The van der Waals surface area contributed by atoms with Crippen LogP contribution in [0.1, 0.15) is 29.7 Å². The molecule has 0 unspecified atom stereocenters. The molecule has 7 nitrogen and oxygen atoms in total.